The van der Waals surface area contributed by atoms with E-state index in [0.29, 0.717) is 24.4 Å². The van der Waals surface area contributed by atoms with Crippen molar-refractivity contribution in [2.75, 3.05) is 19.6 Å². The standard InChI is InChI=1S/C17H17N3O3S2/c21-15-13-10-19(17(23)14-4-2-8-25-14)5-6-20(13)16(22)12(18-15)9-11-3-1-7-24-11/h1-4,7-8,12-13H,5-6,9-10H2,(H,18,21). The van der Waals surface area contributed by atoms with E-state index in [-0.39, 0.29) is 24.3 Å². The summed E-state index contributed by atoms with van der Waals surface area (Å²) in [4.78, 5) is 42.8. The molecule has 25 heavy (non-hydrogen) atoms. The Labute approximate surface area is 153 Å². The van der Waals surface area contributed by atoms with Crippen LogP contribution in [0.3, 0.4) is 0 Å². The fourth-order valence-corrected chi connectivity index (χ4v) is 4.75. The highest BCUT2D eigenvalue weighted by molar-refractivity contribution is 7.12. The van der Waals surface area contributed by atoms with Crippen molar-refractivity contribution in [3.63, 3.8) is 0 Å². The number of hydrogen-bond acceptors (Lipinski definition) is 5. The van der Waals surface area contributed by atoms with Crippen LogP contribution >= 0.6 is 22.7 Å². The average Bonchev–Trinajstić information content (AvgIpc) is 3.32. The fraction of sp³-hybridized carbons (Fsp3) is 0.353. The number of piperazine rings is 2. The van der Waals surface area contributed by atoms with Crippen LogP contribution in [0.2, 0.25) is 0 Å². The van der Waals surface area contributed by atoms with E-state index in [0.717, 1.165) is 4.88 Å². The van der Waals surface area contributed by atoms with E-state index in [1.165, 1.54) is 11.3 Å². The molecule has 2 unspecified atom stereocenters. The molecular formula is C17H17N3O3S2. The van der Waals surface area contributed by atoms with Crippen LogP contribution in [0.4, 0.5) is 0 Å². The monoisotopic (exact) mass is 375 g/mol. The number of fused-ring (bicyclic) bond motifs is 1. The molecule has 130 valence electrons. The quantitative estimate of drug-likeness (QED) is 0.877. The molecule has 2 aliphatic heterocycles. The van der Waals surface area contributed by atoms with Crippen molar-refractivity contribution in [3.8, 4) is 0 Å². The van der Waals surface area contributed by atoms with Gasteiger partial charge in [0.25, 0.3) is 5.91 Å². The van der Waals surface area contributed by atoms with Gasteiger partial charge in [0.2, 0.25) is 11.8 Å². The Bertz CT molecular complexity index is 788. The maximum absolute atomic E-state index is 12.8. The number of amides is 3. The fourth-order valence-electron chi connectivity index (χ4n) is 3.31. The van der Waals surface area contributed by atoms with Crippen molar-refractivity contribution in [3.05, 3.63) is 44.8 Å². The second kappa shape index (κ2) is 6.61. The highest BCUT2D eigenvalue weighted by Gasteiger charge is 2.44. The lowest BCUT2D eigenvalue weighted by Gasteiger charge is -2.45. The molecule has 8 heteroatoms. The molecule has 4 heterocycles. The molecule has 2 aromatic heterocycles. The molecule has 2 fully saturated rings. The zero-order chi connectivity index (χ0) is 17.4. The van der Waals surface area contributed by atoms with Crippen LogP contribution in [0.25, 0.3) is 0 Å². The van der Waals surface area contributed by atoms with E-state index in [1.54, 1.807) is 27.2 Å². The molecular weight excluding hydrogens is 358 g/mol. The summed E-state index contributed by atoms with van der Waals surface area (Å²) >= 11 is 2.96. The predicted octanol–water partition coefficient (Wildman–Crippen LogP) is 1.20. The van der Waals surface area contributed by atoms with Gasteiger partial charge in [0.15, 0.2) is 0 Å². The minimum absolute atomic E-state index is 0.0544. The molecule has 0 aliphatic carbocycles. The summed E-state index contributed by atoms with van der Waals surface area (Å²) in [6, 6.07) is 6.41. The first-order chi connectivity index (χ1) is 12.1. The van der Waals surface area contributed by atoms with E-state index in [4.69, 9.17) is 0 Å². The minimum atomic E-state index is -0.593. The summed E-state index contributed by atoms with van der Waals surface area (Å²) in [5.74, 6) is -0.304. The van der Waals surface area contributed by atoms with Crippen molar-refractivity contribution in [1.29, 1.82) is 0 Å². The molecule has 2 saturated heterocycles. The van der Waals surface area contributed by atoms with E-state index < -0.39 is 12.1 Å². The van der Waals surface area contributed by atoms with E-state index >= 15 is 0 Å². The zero-order valence-electron chi connectivity index (χ0n) is 13.4. The van der Waals surface area contributed by atoms with Gasteiger partial charge in [-0.15, -0.1) is 22.7 Å². The number of thiophene rings is 2. The van der Waals surface area contributed by atoms with Gasteiger partial charge in [-0.05, 0) is 22.9 Å². The van der Waals surface area contributed by atoms with Crippen LogP contribution < -0.4 is 5.32 Å². The lowest BCUT2D eigenvalue weighted by Crippen LogP contribution is -2.70. The van der Waals surface area contributed by atoms with Crippen LogP contribution in [0.1, 0.15) is 14.5 Å². The molecule has 2 aromatic rings. The van der Waals surface area contributed by atoms with Gasteiger partial charge in [-0.3, -0.25) is 14.4 Å². The molecule has 4 rings (SSSR count). The molecule has 6 nitrogen and oxygen atoms in total. The van der Waals surface area contributed by atoms with Gasteiger partial charge < -0.3 is 15.1 Å². The summed E-state index contributed by atoms with van der Waals surface area (Å²) < 4.78 is 0. The van der Waals surface area contributed by atoms with Gasteiger partial charge in [0, 0.05) is 24.4 Å². The Balaban J connectivity index is 1.47. The maximum Gasteiger partial charge on any atom is 0.264 e. The first-order valence-electron chi connectivity index (χ1n) is 8.09. The van der Waals surface area contributed by atoms with Gasteiger partial charge in [-0.1, -0.05) is 12.1 Å². The van der Waals surface area contributed by atoms with Crippen molar-refractivity contribution >= 4 is 40.4 Å². The Morgan fingerprint density at radius 1 is 1.16 bits per heavy atom. The largest absolute Gasteiger partial charge is 0.342 e. The lowest BCUT2D eigenvalue weighted by molar-refractivity contribution is -0.152. The van der Waals surface area contributed by atoms with Gasteiger partial charge >= 0.3 is 0 Å². The topological polar surface area (TPSA) is 69.7 Å². The maximum atomic E-state index is 12.8. The molecule has 0 aromatic carbocycles. The Hall–Kier alpha value is -2.19. The van der Waals surface area contributed by atoms with Crippen molar-refractivity contribution in [2.45, 2.75) is 18.5 Å². The Kier molecular flexibility index (Phi) is 4.30. The normalized spacial score (nSPS) is 23.4. The summed E-state index contributed by atoms with van der Waals surface area (Å²) in [5, 5.41) is 6.66. The smallest absolute Gasteiger partial charge is 0.264 e. The predicted molar refractivity (Wildman–Crippen MR) is 95.7 cm³/mol. The number of rotatable bonds is 3. The number of hydrogen-bond donors (Lipinski definition) is 1. The third kappa shape index (κ3) is 3.07. The van der Waals surface area contributed by atoms with Crippen LogP contribution in [-0.2, 0) is 16.0 Å². The van der Waals surface area contributed by atoms with Crippen LogP contribution in [0, 0.1) is 0 Å². The molecule has 2 atom stereocenters. The SMILES string of the molecule is O=C1NC(Cc2cccs2)C(=O)N2CCN(C(=O)c3cccs3)CC12. The highest BCUT2D eigenvalue weighted by Crippen LogP contribution is 2.22. The summed E-state index contributed by atoms with van der Waals surface area (Å²) in [7, 11) is 0. The summed E-state index contributed by atoms with van der Waals surface area (Å²) in [6.07, 6.45) is 0.517. The number of carbonyl (C=O) groups excluding carboxylic acids is 3. The van der Waals surface area contributed by atoms with Crippen molar-refractivity contribution in [1.82, 2.24) is 15.1 Å². The lowest BCUT2D eigenvalue weighted by atomic mass is 10.0. The van der Waals surface area contributed by atoms with Crippen molar-refractivity contribution in [2.24, 2.45) is 0 Å². The first kappa shape index (κ1) is 16.3. The molecule has 1 N–H and O–H groups in total. The van der Waals surface area contributed by atoms with Gasteiger partial charge in [-0.25, -0.2) is 0 Å². The molecule has 3 amide bonds. The van der Waals surface area contributed by atoms with E-state index in [2.05, 4.69) is 5.32 Å². The van der Waals surface area contributed by atoms with Crippen molar-refractivity contribution < 1.29 is 14.4 Å². The minimum Gasteiger partial charge on any atom is -0.342 e. The number of nitrogens with zero attached hydrogens (tertiary/aromatic N) is 2. The number of carbonyl (C=O) groups is 3. The van der Waals surface area contributed by atoms with Gasteiger partial charge in [0.1, 0.15) is 12.1 Å². The second-order valence-electron chi connectivity index (χ2n) is 6.12. The number of nitrogens with one attached hydrogen (secondary N) is 1. The molecule has 0 bridgehead atoms. The zero-order valence-corrected chi connectivity index (χ0v) is 15.0. The molecule has 2 aliphatic rings. The Morgan fingerprint density at radius 2 is 1.96 bits per heavy atom. The summed E-state index contributed by atoms with van der Waals surface area (Å²) in [6.45, 7) is 1.10. The molecule has 0 spiro atoms. The highest BCUT2D eigenvalue weighted by atomic mass is 32.1. The van der Waals surface area contributed by atoms with Gasteiger partial charge in [-0.2, -0.15) is 0 Å². The third-order valence-electron chi connectivity index (χ3n) is 4.59. The average molecular weight is 375 g/mol. The van der Waals surface area contributed by atoms with E-state index in [9.17, 15) is 14.4 Å². The summed E-state index contributed by atoms with van der Waals surface area (Å²) in [5.41, 5.74) is 0. The van der Waals surface area contributed by atoms with E-state index in [1.807, 2.05) is 29.0 Å². The van der Waals surface area contributed by atoms with Crippen LogP contribution in [0.5, 0.6) is 0 Å². The molecule has 0 saturated carbocycles. The molecule has 0 radical (unpaired) electrons. The van der Waals surface area contributed by atoms with Crippen LogP contribution in [-0.4, -0.2) is 59.2 Å². The third-order valence-corrected chi connectivity index (χ3v) is 6.34. The first-order valence-corrected chi connectivity index (χ1v) is 9.85. The van der Waals surface area contributed by atoms with Gasteiger partial charge in [0.05, 0.1) is 11.4 Å². The van der Waals surface area contributed by atoms with Crippen LogP contribution in [0.15, 0.2) is 35.0 Å². The Morgan fingerprint density at radius 3 is 2.68 bits per heavy atom. The second-order valence-corrected chi connectivity index (χ2v) is 8.10.